The number of ether oxygens (including phenoxy) is 1. The molecule has 1 aromatic heterocycles. The summed E-state index contributed by atoms with van der Waals surface area (Å²) in [5.41, 5.74) is 1.67. The van der Waals surface area contributed by atoms with Gasteiger partial charge in [-0.1, -0.05) is 15.9 Å². The number of anilines is 1. The largest absolute Gasteiger partial charge is 0.465 e. The van der Waals surface area contributed by atoms with Gasteiger partial charge >= 0.3 is 5.97 Å². The molecule has 1 aliphatic rings. The molecule has 0 aromatic carbocycles. The summed E-state index contributed by atoms with van der Waals surface area (Å²) < 4.78 is 4.76. The Hall–Kier alpha value is -0.880. The van der Waals surface area contributed by atoms with E-state index < -0.39 is 0 Å². The van der Waals surface area contributed by atoms with Crippen LogP contribution in [0.1, 0.15) is 21.7 Å². The Balaban J connectivity index is 2.36. The molecule has 1 unspecified atom stereocenters. The number of aryl methyl sites for hydroxylation is 1. The number of carbonyl (C=O) groups is 2. The van der Waals surface area contributed by atoms with Crippen LogP contribution >= 0.6 is 27.3 Å². The highest BCUT2D eigenvalue weighted by Crippen LogP contribution is 2.35. The van der Waals surface area contributed by atoms with Crippen LogP contribution in [0, 0.1) is 12.8 Å². The van der Waals surface area contributed by atoms with Crippen LogP contribution in [0.2, 0.25) is 0 Å². The second kappa shape index (κ2) is 5.40. The van der Waals surface area contributed by atoms with Crippen LogP contribution in [0.25, 0.3) is 0 Å². The minimum absolute atomic E-state index is 0.0751. The Morgan fingerprint density at radius 2 is 2.39 bits per heavy atom. The number of hydrogen-bond acceptors (Lipinski definition) is 4. The average molecular weight is 332 g/mol. The van der Waals surface area contributed by atoms with Crippen molar-refractivity contribution in [1.29, 1.82) is 0 Å². The third-order valence-corrected chi connectivity index (χ3v) is 4.99. The predicted octanol–water partition coefficient (Wildman–Crippen LogP) is 2.59. The maximum Gasteiger partial charge on any atom is 0.350 e. The van der Waals surface area contributed by atoms with Gasteiger partial charge in [0, 0.05) is 18.3 Å². The molecule has 2 rings (SSSR count). The fraction of sp³-hybridized carbons (Fsp3) is 0.500. The summed E-state index contributed by atoms with van der Waals surface area (Å²) >= 11 is 4.73. The summed E-state index contributed by atoms with van der Waals surface area (Å²) in [5, 5.41) is 2.68. The van der Waals surface area contributed by atoms with Crippen molar-refractivity contribution in [1.82, 2.24) is 0 Å². The second-order valence-electron chi connectivity index (χ2n) is 4.32. The lowest BCUT2D eigenvalue weighted by atomic mass is 10.2. The zero-order valence-electron chi connectivity index (χ0n) is 10.2. The summed E-state index contributed by atoms with van der Waals surface area (Å²) in [7, 11) is 1.36. The van der Waals surface area contributed by atoms with E-state index in [0.29, 0.717) is 23.8 Å². The van der Waals surface area contributed by atoms with Gasteiger partial charge in [0.15, 0.2) is 0 Å². The van der Waals surface area contributed by atoms with E-state index in [-0.39, 0.29) is 11.9 Å². The van der Waals surface area contributed by atoms with Gasteiger partial charge in [0.1, 0.15) is 4.88 Å². The van der Waals surface area contributed by atoms with Crippen molar-refractivity contribution in [2.45, 2.75) is 13.3 Å². The molecular formula is C12H14BrNO3S. The van der Waals surface area contributed by atoms with Crippen LogP contribution in [0.15, 0.2) is 5.38 Å². The van der Waals surface area contributed by atoms with Gasteiger partial charge in [-0.15, -0.1) is 11.3 Å². The van der Waals surface area contributed by atoms with Crippen molar-refractivity contribution in [2.75, 3.05) is 23.9 Å². The SMILES string of the molecule is COC(=O)c1scc(C)c1N1CC(CBr)CC1=O. The molecule has 1 aromatic rings. The van der Waals surface area contributed by atoms with Crippen molar-refractivity contribution >= 4 is 44.8 Å². The van der Waals surface area contributed by atoms with Crippen molar-refractivity contribution in [3.05, 3.63) is 15.8 Å². The van der Waals surface area contributed by atoms with Crippen LogP contribution in [0.3, 0.4) is 0 Å². The number of methoxy groups -OCH3 is 1. The zero-order chi connectivity index (χ0) is 13.3. The lowest BCUT2D eigenvalue weighted by Gasteiger charge is -2.17. The highest BCUT2D eigenvalue weighted by Gasteiger charge is 2.34. The molecule has 1 fully saturated rings. The Morgan fingerprint density at radius 3 is 2.94 bits per heavy atom. The molecular weight excluding hydrogens is 318 g/mol. The molecule has 0 spiro atoms. The van der Waals surface area contributed by atoms with Crippen molar-refractivity contribution in [2.24, 2.45) is 5.92 Å². The second-order valence-corrected chi connectivity index (χ2v) is 5.84. The molecule has 4 nitrogen and oxygen atoms in total. The highest BCUT2D eigenvalue weighted by molar-refractivity contribution is 9.09. The Kier molecular flexibility index (Phi) is 4.07. The predicted molar refractivity (Wildman–Crippen MR) is 74.6 cm³/mol. The lowest BCUT2D eigenvalue weighted by Crippen LogP contribution is -2.26. The summed E-state index contributed by atoms with van der Waals surface area (Å²) in [6.07, 6.45) is 0.529. The van der Waals surface area contributed by atoms with Gasteiger partial charge in [-0.25, -0.2) is 4.79 Å². The van der Waals surface area contributed by atoms with Gasteiger partial charge < -0.3 is 9.64 Å². The highest BCUT2D eigenvalue weighted by atomic mass is 79.9. The third kappa shape index (κ3) is 2.31. The monoisotopic (exact) mass is 331 g/mol. The summed E-state index contributed by atoms with van der Waals surface area (Å²) in [5.74, 6) is 0.00610. The molecule has 2 heterocycles. The molecule has 0 radical (unpaired) electrons. The first-order valence-corrected chi connectivity index (χ1v) is 7.61. The smallest absolute Gasteiger partial charge is 0.350 e. The average Bonchev–Trinajstić information content (AvgIpc) is 2.91. The molecule has 1 saturated heterocycles. The van der Waals surface area contributed by atoms with E-state index in [1.54, 1.807) is 4.90 Å². The van der Waals surface area contributed by atoms with Gasteiger partial charge in [-0.3, -0.25) is 4.79 Å². The van der Waals surface area contributed by atoms with Crippen molar-refractivity contribution in [3.63, 3.8) is 0 Å². The van der Waals surface area contributed by atoms with Gasteiger partial charge in [0.05, 0.1) is 12.8 Å². The van der Waals surface area contributed by atoms with Crippen LogP contribution in [-0.2, 0) is 9.53 Å². The van der Waals surface area contributed by atoms with Gasteiger partial charge in [-0.05, 0) is 23.8 Å². The van der Waals surface area contributed by atoms with E-state index in [0.717, 1.165) is 16.6 Å². The molecule has 0 saturated carbocycles. The fourth-order valence-electron chi connectivity index (χ4n) is 2.11. The summed E-state index contributed by atoms with van der Waals surface area (Å²) in [4.78, 5) is 25.9. The van der Waals surface area contributed by atoms with Gasteiger partial charge in [-0.2, -0.15) is 0 Å². The maximum atomic E-state index is 12.0. The number of thiophene rings is 1. The number of rotatable bonds is 3. The minimum atomic E-state index is -0.377. The first-order chi connectivity index (χ1) is 8.58. The van der Waals surface area contributed by atoms with Crippen molar-refractivity contribution in [3.8, 4) is 0 Å². The van der Waals surface area contributed by atoms with E-state index in [4.69, 9.17) is 4.74 Å². The summed E-state index contributed by atoms with van der Waals surface area (Å²) in [6.45, 7) is 2.57. The van der Waals surface area contributed by atoms with Crippen LogP contribution in [0.4, 0.5) is 5.69 Å². The standard InChI is InChI=1S/C12H14BrNO3S/c1-7-6-18-11(12(16)17-2)10(7)14-5-8(4-13)3-9(14)15/h6,8H,3-5H2,1-2H3. The first kappa shape index (κ1) is 13.5. The van der Waals surface area contributed by atoms with Crippen LogP contribution < -0.4 is 4.90 Å². The molecule has 1 aliphatic heterocycles. The lowest BCUT2D eigenvalue weighted by molar-refractivity contribution is -0.117. The fourth-order valence-corrected chi connectivity index (χ4v) is 3.51. The third-order valence-electron chi connectivity index (χ3n) is 3.01. The minimum Gasteiger partial charge on any atom is -0.465 e. The molecule has 1 atom stereocenters. The summed E-state index contributed by atoms with van der Waals surface area (Å²) in [6, 6.07) is 0. The van der Waals surface area contributed by atoms with E-state index in [1.165, 1.54) is 18.4 Å². The number of carbonyl (C=O) groups excluding carboxylic acids is 2. The van der Waals surface area contributed by atoms with E-state index in [2.05, 4.69) is 15.9 Å². The molecule has 18 heavy (non-hydrogen) atoms. The van der Waals surface area contributed by atoms with Crippen molar-refractivity contribution < 1.29 is 14.3 Å². The topological polar surface area (TPSA) is 46.6 Å². The number of amides is 1. The van der Waals surface area contributed by atoms with E-state index in [9.17, 15) is 9.59 Å². The Morgan fingerprint density at radius 1 is 1.67 bits per heavy atom. The quantitative estimate of drug-likeness (QED) is 0.631. The molecule has 0 N–H and O–H groups in total. The number of hydrogen-bond donors (Lipinski definition) is 0. The molecule has 98 valence electrons. The van der Waals surface area contributed by atoms with Crippen LogP contribution in [-0.4, -0.2) is 30.9 Å². The number of esters is 1. The molecule has 0 aliphatic carbocycles. The Bertz CT molecular complexity index is 486. The molecule has 6 heteroatoms. The van der Waals surface area contributed by atoms with Gasteiger partial charge in [0.2, 0.25) is 5.91 Å². The Labute approximate surface area is 118 Å². The number of nitrogens with zero attached hydrogens (tertiary/aromatic N) is 1. The zero-order valence-corrected chi connectivity index (χ0v) is 12.6. The normalized spacial score (nSPS) is 19.4. The van der Waals surface area contributed by atoms with E-state index >= 15 is 0 Å². The number of alkyl halides is 1. The first-order valence-electron chi connectivity index (χ1n) is 5.61. The maximum absolute atomic E-state index is 12.0. The number of halogens is 1. The van der Waals surface area contributed by atoms with E-state index in [1.807, 2.05) is 12.3 Å². The molecule has 1 amide bonds. The molecule has 0 bridgehead atoms. The van der Waals surface area contributed by atoms with Gasteiger partial charge in [0.25, 0.3) is 0 Å². The van der Waals surface area contributed by atoms with Crippen LogP contribution in [0.5, 0.6) is 0 Å².